The van der Waals surface area contributed by atoms with Crippen LogP contribution < -0.4 is 10.5 Å². The molecule has 138 valence electrons. The van der Waals surface area contributed by atoms with Crippen LogP contribution in [-0.4, -0.2) is 32.3 Å². The first-order valence-electron chi connectivity index (χ1n) is 8.25. The molecule has 1 saturated heterocycles. The third kappa shape index (κ3) is 4.46. The van der Waals surface area contributed by atoms with Gasteiger partial charge in [-0.25, -0.2) is 17.9 Å². The van der Waals surface area contributed by atoms with Crippen LogP contribution in [-0.2, 0) is 14.8 Å². The van der Waals surface area contributed by atoms with Gasteiger partial charge < -0.3 is 5.32 Å². The van der Waals surface area contributed by atoms with Gasteiger partial charge in [-0.05, 0) is 61.3 Å². The topological polar surface area (TPSA) is 92.5 Å². The summed E-state index contributed by atoms with van der Waals surface area (Å²) in [7, 11) is -3.76. The predicted molar refractivity (Wildman–Crippen MR) is 96.4 cm³/mol. The van der Waals surface area contributed by atoms with E-state index in [1.165, 1.54) is 36.4 Å². The molecule has 3 rings (SSSR count). The van der Waals surface area contributed by atoms with Crippen molar-refractivity contribution in [3.63, 3.8) is 0 Å². The van der Waals surface area contributed by atoms with Gasteiger partial charge in [-0.2, -0.15) is 0 Å². The fourth-order valence-electron chi connectivity index (χ4n) is 3.19. The van der Waals surface area contributed by atoms with E-state index in [2.05, 4.69) is 10.2 Å². The summed E-state index contributed by atoms with van der Waals surface area (Å²) in [5.41, 5.74) is 1.49. The van der Waals surface area contributed by atoms with Crippen molar-refractivity contribution in [2.24, 2.45) is 5.14 Å². The number of benzene rings is 2. The zero-order chi connectivity index (χ0) is 18.7. The average molecular weight is 377 g/mol. The Hall–Kier alpha value is -2.29. The Balaban J connectivity index is 1.63. The number of sulfonamides is 1. The number of anilines is 1. The maximum absolute atomic E-state index is 13.1. The van der Waals surface area contributed by atoms with E-state index in [-0.39, 0.29) is 29.2 Å². The number of primary sulfonamides is 1. The summed E-state index contributed by atoms with van der Waals surface area (Å²) < 4.78 is 35.6. The highest BCUT2D eigenvalue weighted by molar-refractivity contribution is 7.89. The number of nitrogens with zero attached hydrogens (tertiary/aromatic N) is 1. The lowest BCUT2D eigenvalue weighted by atomic mass is 10.0. The van der Waals surface area contributed by atoms with E-state index in [9.17, 15) is 17.6 Å². The molecule has 2 aromatic carbocycles. The number of carbonyl (C=O) groups excluding carboxylic acids is 1. The fraction of sp³-hybridized carbons (Fsp3) is 0.278. The first kappa shape index (κ1) is 18.5. The number of nitrogens with two attached hydrogens (primary N) is 1. The molecule has 1 aliphatic heterocycles. The fourth-order valence-corrected chi connectivity index (χ4v) is 3.71. The van der Waals surface area contributed by atoms with Crippen molar-refractivity contribution in [2.45, 2.75) is 23.8 Å². The molecule has 2 aromatic rings. The number of halogens is 1. The van der Waals surface area contributed by atoms with Crippen LogP contribution in [0.2, 0.25) is 0 Å². The second-order valence-corrected chi connectivity index (χ2v) is 7.86. The van der Waals surface area contributed by atoms with Crippen LogP contribution in [0.3, 0.4) is 0 Å². The van der Waals surface area contributed by atoms with Gasteiger partial charge in [0, 0.05) is 11.7 Å². The van der Waals surface area contributed by atoms with Gasteiger partial charge in [0.1, 0.15) is 5.82 Å². The molecule has 6 nitrogen and oxygen atoms in total. The lowest BCUT2D eigenvalue weighted by Crippen LogP contribution is -2.32. The molecule has 0 spiro atoms. The SMILES string of the molecule is NS(=O)(=O)c1ccc(NC(=O)CN2CCC[C@@H]2c2ccc(F)cc2)cc1. The summed E-state index contributed by atoms with van der Waals surface area (Å²) in [4.78, 5) is 14.4. The van der Waals surface area contributed by atoms with Crippen LogP contribution >= 0.6 is 0 Å². The second-order valence-electron chi connectivity index (χ2n) is 6.30. The molecule has 0 aromatic heterocycles. The summed E-state index contributed by atoms with van der Waals surface area (Å²) in [5, 5.41) is 7.80. The van der Waals surface area contributed by atoms with Crippen molar-refractivity contribution < 1.29 is 17.6 Å². The number of hydrogen-bond acceptors (Lipinski definition) is 4. The van der Waals surface area contributed by atoms with E-state index in [0.29, 0.717) is 5.69 Å². The molecule has 0 saturated carbocycles. The van der Waals surface area contributed by atoms with Crippen molar-refractivity contribution in [3.05, 3.63) is 59.9 Å². The van der Waals surface area contributed by atoms with E-state index < -0.39 is 10.0 Å². The van der Waals surface area contributed by atoms with E-state index in [1.54, 1.807) is 12.1 Å². The third-order valence-corrected chi connectivity index (χ3v) is 5.36. The quantitative estimate of drug-likeness (QED) is 0.836. The van der Waals surface area contributed by atoms with Crippen LogP contribution in [0.15, 0.2) is 53.4 Å². The predicted octanol–water partition coefficient (Wildman–Crippen LogP) is 2.25. The van der Waals surface area contributed by atoms with Crippen LogP contribution in [0.25, 0.3) is 0 Å². The molecule has 1 aliphatic rings. The molecule has 0 bridgehead atoms. The van der Waals surface area contributed by atoms with Gasteiger partial charge in [-0.15, -0.1) is 0 Å². The molecule has 26 heavy (non-hydrogen) atoms. The highest BCUT2D eigenvalue weighted by atomic mass is 32.2. The molecule has 3 N–H and O–H groups in total. The summed E-state index contributed by atoms with van der Waals surface area (Å²) in [6.07, 6.45) is 1.89. The maximum Gasteiger partial charge on any atom is 0.238 e. The van der Waals surface area contributed by atoms with Crippen molar-refractivity contribution >= 4 is 21.6 Å². The first-order chi connectivity index (χ1) is 12.3. The minimum absolute atomic E-state index is 0.00795. The van der Waals surface area contributed by atoms with E-state index in [0.717, 1.165) is 24.9 Å². The Bertz CT molecular complexity index is 883. The summed E-state index contributed by atoms with van der Waals surface area (Å²) in [5.74, 6) is -0.471. The number of amides is 1. The molecule has 0 radical (unpaired) electrons. The molecule has 8 heteroatoms. The Morgan fingerprint density at radius 1 is 1.15 bits per heavy atom. The lowest BCUT2D eigenvalue weighted by Gasteiger charge is -2.24. The molecule has 1 atom stereocenters. The molecular weight excluding hydrogens is 357 g/mol. The highest BCUT2D eigenvalue weighted by Gasteiger charge is 2.27. The van der Waals surface area contributed by atoms with Crippen LogP contribution in [0.5, 0.6) is 0 Å². The maximum atomic E-state index is 13.1. The Morgan fingerprint density at radius 3 is 2.42 bits per heavy atom. The van der Waals surface area contributed by atoms with Crippen LogP contribution in [0.4, 0.5) is 10.1 Å². The lowest BCUT2D eigenvalue weighted by molar-refractivity contribution is -0.117. The first-order valence-corrected chi connectivity index (χ1v) is 9.80. The monoisotopic (exact) mass is 377 g/mol. The van der Waals surface area contributed by atoms with Gasteiger partial charge in [0.2, 0.25) is 15.9 Å². The van der Waals surface area contributed by atoms with Gasteiger partial charge in [0.15, 0.2) is 0 Å². The van der Waals surface area contributed by atoms with Gasteiger partial charge in [-0.1, -0.05) is 12.1 Å². The van der Waals surface area contributed by atoms with Gasteiger partial charge >= 0.3 is 0 Å². The van der Waals surface area contributed by atoms with Crippen molar-refractivity contribution in [3.8, 4) is 0 Å². The number of rotatable bonds is 5. The number of carbonyl (C=O) groups is 1. The Labute approximate surface area is 151 Å². The van der Waals surface area contributed by atoms with E-state index in [4.69, 9.17) is 5.14 Å². The normalized spacial score (nSPS) is 18.0. The summed E-state index contributed by atoms with van der Waals surface area (Å²) in [6, 6.07) is 12.1. The van der Waals surface area contributed by atoms with E-state index in [1.807, 2.05) is 0 Å². The standard InChI is InChI=1S/C18H20FN3O3S/c19-14-5-3-13(4-6-14)17-2-1-11-22(17)12-18(23)21-15-7-9-16(10-8-15)26(20,24)25/h3-10,17H,1-2,11-12H2,(H,21,23)(H2,20,24,25)/t17-/m1/s1. The summed E-state index contributed by atoms with van der Waals surface area (Å²) in [6.45, 7) is 0.999. The molecule has 1 heterocycles. The van der Waals surface area contributed by atoms with Crippen molar-refractivity contribution in [1.29, 1.82) is 0 Å². The molecule has 0 unspecified atom stereocenters. The number of hydrogen-bond donors (Lipinski definition) is 2. The molecule has 1 amide bonds. The molecular formula is C18H20FN3O3S. The van der Waals surface area contributed by atoms with Crippen molar-refractivity contribution in [1.82, 2.24) is 4.90 Å². The van der Waals surface area contributed by atoms with Crippen molar-refractivity contribution in [2.75, 3.05) is 18.4 Å². The largest absolute Gasteiger partial charge is 0.325 e. The van der Waals surface area contributed by atoms with Crippen LogP contribution in [0.1, 0.15) is 24.4 Å². The third-order valence-electron chi connectivity index (χ3n) is 4.43. The smallest absolute Gasteiger partial charge is 0.238 e. The van der Waals surface area contributed by atoms with Gasteiger partial charge in [0.25, 0.3) is 0 Å². The molecule has 1 fully saturated rings. The van der Waals surface area contributed by atoms with Gasteiger partial charge in [-0.3, -0.25) is 9.69 Å². The second kappa shape index (κ2) is 7.53. The minimum Gasteiger partial charge on any atom is -0.325 e. The van der Waals surface area contributed by atoms with Crippen LogP contribution in [0, 0.1) is 5.82 Å². The van der Waals surface area contributed by atoms with Gasteiger partial charge in [0.05, 0.1) is 11.4 Å². The summed E-state index contributed by atoms with van der Waals surface area (Å²) >= 11 is 0. The minimum atomic E-state index is -3.76. The zero-order valence-electron chi connectivity index (χ0n) is 14.1. The highest BCUT2D eigenvalue weighted by Crippen LogP contribution is 2.31. The molecule has 0 aliphatic carbocycles. The number of likely N-dealkylation sites (tertiary alicyclic amines) is 1. The van der Waals surface area contributed by atoms with E-state index >= 15 is 0 Å². The number of nitrogens with one attached hydrogen (secondary N) is 1. The Kier molecular flexibility index (Phi) is 5.36. The Morgan fingerprint density at radius 2 is 1.81 bits per heavy atom. The average Bonchev–Trinajstić information content (AvgIpc) is 3.03. The zero-order valence-corrected chi connectivity index (χ0v) is 14.9.